The van der Waals surface area contributed by atoms with E-state index < -0.39 is 110 Å². The third-order valence-corrected chi connectivity index (χ3v) is 7.25. The number of aromatic nitrogens is 2. The molecule has 0 unspecified atom stereocenters. The Bertz CT molecular complexity index is 1310. The van der Waals surface area contributed by atoms with Crippen LogP contribution in [0.5, 0.6) is 0 Å². The van der Waals surface area contributed by atoms with Gasteiger partial charge in [-0.1, -0.05) is 27.7 Å². The third kappa shape index (κ3) is 15.4. The average molecular weight is 730 g/mol. The van der Waals surface area contributed by atoms with Gasteiger partial charge in [-0.2, -0.15) is 0 Å². The molecule has 0 saturated carbocycles. The number of carboxylic acid groups (broad SMARTS) is 1. The number of aliphatic hydroxyl groups excluding tert-OH is 4. The lowest BCUT2D eigenvalue weighted by atomic mass is 9.99. The van der Waals surface area contributed by atoms with Gasteiger partial charge in [0.1, 0.15) is 42.3 Å². The summed E-state index contributed by atoms with van der Waals surface area (Å²) in [5.41, 5.74) is 5.98. The van der Waals surface area contributed by atoms with E-state index in [1.807, 2.05) is 5.32 Å². The summed E-state index contributed by atoms with van der Waals surface area (Å²) in [6.07, 6.45) is 2.67. The standard InChI is InChI=1S/C30H51N9O12/c1-14(2)5-18(25(45)35-19(6-15(3)4)26(46)37-22(11-42)29(49)39-23(12-43)30(50)51)36-28(48)21(10-41)38-27(47)20(7-16-8-32-13-33-16)34-24(44)17(31)9-40/h8,13-15,17-23,40-43H,5-7,9-12,31H2,1-4H3,(H,32,33)(H,34,44)(H,35,45)(H,36,48)(H,37,46)(H,38,47)(H,39,49)(H,50,51)/t17-,18-,19-,20-,21-,22-,23-/m0/s1. The van der Waals surface area contributed by atoms with Crippen LogP contribution >= 0.6 is 0 Å². The van der Waals surface area contributed by atoms with Crippen LogP contribution in [0, 0.1) is 11.8 Å². The Hall–Kier alpha value is -4.70. The van der Waals surface area contributed by atoms with Gasteiger partial charge in [-0.05, 0) is 24.7 Å². The molecular formula is C30H51N9O12. The number of nitrogens with one attached hydrogen (secondary N) is 7. The van der Waals surface area contributed by atoms with E-state index in [0.717, 1.165) is 0 Å². The number of carbonyl (C=O) groups excluding carboxylic acids is 6. The molecule has 1 heterocycles. The minimum Gasteiger partial charge on any atom is -0.480 e. The van der Waals surface area contributed by atoms with Crippen LogP contribution in [0.3, 0.4) is 0 Å². The molecule has 0 saturated heterocycles. The lowest BCUT2D eigenvalue weighted by Crippen LogP contribution is -2.61. The first-order valence-corrected chi connectivity index (χ1v) is 16.2. The van der Waals surface area contributed by atoms with Crippen molar-refractivity contribution in [2.24, 2.45) is 17.6 Å². The molecule has 0 aliphatic heterocycles. The number of aliphatic carboxylic acids is 1. The van der Waals surface area contributed by atoms with Crippen molar-refractivity contribution in [1.29, 1.82) is 0 Å². The molecule has 0 radical (unpaired) electrons. The van der Waals surface area contributed by atoms with Crippen LogP contribution in [0.25, 0.3) is 0 Å². The lowest BCUT2D eigenvalue weighted by molar-refractivity contribution is -0.143. The first-order valence-electron chi connectivity index (χ1n) is 16.2. The highest BCUT2D eigenvalue weighted by atomic mass is 16.4. The van der Waals surface area contributed by atoms with Gasteiger partial charge in [-0.25, -0.2) is 9.78 Å². The van der Waals surface area contributed by atoms with Gasteiger partial charge < -0.3 is 68.2 Å². The number of amides is 6. The van der Waals surface area contributed by atoms with E-state index in [9.17, 15) is 54.0 Å². The Kier molecular flexibility index (Phi) is 19.3. The van der Waals surface area contributed by atoms with Crippen LogP contribution in [0.1, 0.15) is 46.2 Å². The second kappa shape index (κ2) is 22.2. The van der Waals surface area contributed by atoms with E-state index in [0.29, 0.717) is 5.69 Å². The number of nitrogens with two attached hydrogens (primary N) is 1. The van der Waals surface area contributed by atoms with E-state index in [1.165, 1.54) is 12.5 Å². The molecule has 21 heteroatoms. The smallest absolute Gasteiger partial charge is 0.328 e. The summed E-state index contributed by atoms with van der Waals surface area (Å²) in [5.74, 6) is -7.55. The molecule has 1 rings (SSSR count). The second-order valence-corrected chi connectivity index (χ2v) is 12.6. The molecular weight excluding hydrogens is 678 g/mol. The van der Waals surface area contributed by atoms with E-state index in [1.54, 1.807) is 27.7 Å². The van der Waals surface area contributed by atoms with Gasteiger partial charge in [0.25, 0.3) is 0 Å². The molecule has 0 aliphatic carbocycles. The van der Waals surface area contributed by atoms with Crippen LogP contribution in [-0.4, -0.2) is 146 Å². The maximum Gasteiger partial charge on any atom is 0.328 e. The molecule has 288 valence electrons. The van der Waals surface area contributed by atoms with Crippen molar-refractivity contribution >= 4 is 41.4 Å². The summed E-state index contributed by atoms with van der Waals surface area (Å²) in [6.45, 7) is 3.44. The van der Waals surface area contributed by atoms with Gasteiger partial charge in [0.2, 0.25) is 35.4 Å². The Morgan fingerprint density at radius 3 is 1.33 bits per heavy atom. The minimum atomic E-state index is -1.70. The highest BCUT2D eigenvalue weighted by Crippen LogP contribution is 2.10. The van der Waals surface area contributed by atoms with Gasteiger partial charge in [0, 0.05) is 18.3 Å². The highest BCUT2D eigenvalue weighted by Gasteiger charge is 2.34. The number of hydrogen-bond acceptors (Lipinski definition) is 13. The molecule has 14 N–H and O–H groups in total. The van der Waals surface area contributed by atoms with Crippen molar-refractivity contribution < 1.29 is 59.1 Å². The summed E-state index contributed by atoms with van der Waals surface area (Å²) < 4.78 is 0. The van der Waals surface area contributed by atoms with Crippen LogP contribution in [0.4, 0.5) is 0 Å². The van der Waals surface area contributed by atoms with Gasteiger partial charge in [0.15, 0.2) is 0 Å². The molecule has 0 aromatic carbocycles. The largest absolute Gasteiger partial charge is 0.480 e. The minimum absolute atomic E-state index is 0.0345. The van der Waals surface area contributed by atoms with Gasteiger partial charge in [-0.15, -0.1) is 0 Å². The number of H-pyrrole nitrogens is 1. The average Bonchev–Trinajstić information content (AvgIpc) is 3.59. The van der Waals surface area contributed by atoms with Gasteiger partial charge >= 0.3 is 5.97 Å². The van der Waals surface area contributed by atoms with Crippen molar-refractivity contribution in [1.82, 2.24) is 41.9 Å². The van der Waals surface area contributed by atoms with Crippen molar-refractivity contribution in [3.63, 3.8) is 0 Å². The SMILES string of the molecule is CC(C)C[C@H](NC(=O)[C@H](CC(C)C)NC(=O)[C@H](CO)NC(=O)[C@H](Cc1cnc[nH]1)NC(=O)[C@@H](N)CO)C(=O)N[C@@H](CO)C(=O)N[C@@H](CO)C(=O)O. The number of rotatable bonds is 23. The molecule has 0 fully saturated rings. The molecule has 21 nitrogen and oxygen atoms in total. The molecule has 0 aliphatic rings. The van der Waals surface area contributed by atoms with E-state index in [4.69, 9.17) is 10.8 Å². The second-order valence-electron chi connectivity index (χ2n) is 12.6. The zero-order chi connectivity index (χ0) is 38.8. The monoisotopic (exact) mass is 729 g/mol. The summed E-state index contributed by atoms with van der Waals surface area (Å²) in [4.78, 5) is 95.9. The third-order valence-electron chi connectivity index (χ3n) is 7.25. The quantitative estimate of drug-likeness (QED) is 0.0500. The van der Waals surface area contributed by atoms with Crippen molar-refractivity contribution in [2.75, 3.05) is 26.4 Å². The van der Waals surface area contributed by atoms with Crippen LogP contribution in [-0.2, 0) is 40.0 Å². The number of aromatic amines is 1. The topological polar surface area (TPSA) is 348 Å². The maximum atomic E-state index is 13.5. The Labute approximate surface area is 293 Å². The summed E-state index contributed by atoms with van der Waals surface area (Å²) >= 11 is 0. The normalized spacial score (nSPS) is 15.4. The molecule has 0 bridgehead atoms. The zero-order valence-corrected chi connectivity index (χ0v) is 28.9. The number of carbonyl (C=O) groups is 7. The summed E-state index contributed by atoms with van der Waals surface area (Å²) in [6, 6.07) is -10.2. The van der Waals surface area contributed by atoms with E-state index >= 15 is 0 Å². The van der Waals surface area contributed by atoms with Crippen molar-refractivity contribution in [2.45, 2.75) is 89.3 Å². The number of aliphatic hydroxyl groups is 4. The van der Waals surface area contributed by atoms with Gasteiger partial charge in [-0.3, -0.25) is 28.8 Å². The van der Waals surface area contributed by atoms with Gasteiger partial charge in [0.05, 0.1) is 32.8 Å². The Morgan fingerprint density at radius 1 is 0.608 bits per heavy atom. The van der Waals surface area contributed by atoms with Crippen molar-refractivity contribution in [3.05, 3.63) is 18.2 Å². The number of hydrogen-bond donors (Lipinski definition) is 13. The fourth-order valence-electron chi connectivity index (χ4n) is 4.53. The first-order chi connectivity index (χ1) is 24.0. The first kappa shape index (κ1) is 44.3. The van der Waals surface area contributed by atoms with Crippen LogP contribution in [0.2, 0.25) is 0 Å². The molecule has 1 aromatic rings. The molecule has 1 aromatic heterocycles. The highest BCUT2D eigenvalue weighted by molar-refractivity contribution is 5.97. The van der Waals surface area contributed by atoms with Crippen molar-refractivity contribution in [3.8, 4) is 0 Å². The maximum absolute atomic E-state index is 13.5. The summed E-state index contributed by atoms with van der Waals surface area (Å²) in [5, 5.41) is 61.1. The zero-order valence-electron chi connectivity index (χ0n) is 28.9. The van der Waals surface area contributed by atoms with Crippen LogP contribution in [0.15, 0.2) is 12.5 Å². The predicted octanol–water partition coefficient (Wildman–Crippen LogP) is -5.67. The number of nitrogens with zero attached hydrogens (tertiary/aromatic N) is 1. The number of carboxylic acids is 1. The molecule has 51 heavy (non-hydrogen) atoms. The van der Waals surface area contributed by atoms with Crippen LogP contribution < -0.4 is 37.6 Å². The lowest BCUT2D eigenvalue weighted by Gasteiger charge is -2.28. The van der Waals surface area contributed by atoms with E-state index in [-0.39, 0.29) is 31.1 Å². The molecule has 0 spiro atoms. The Balaban J connectivity index is 3.15. The molecule has 7 atom stereocenters. The predicted molar refractivity (Wildman–Crippen MR) is 177 cm³/mol. The Morgan fingerprint density at radius 2 is 0.980 bits per heavy atom. The number of imidazole rings is 1. The van der Waals surface area contributed by atoms with E-state index in [2.05, 4.69) is 36.6 Å². The fraction of sp³-hybridized carbons (Fsp3) is 0.667. The summed E-state index contributed by atoms with van der Waals surface area (Å²) in [7, 11) is 0. The fourth-order valence-corrected chi connectivity index (χ4v) is 4.53. The molecule has 6 amide bonds.